The van der Waals surface area contributed by atoms with E-state index in [9.17, 15) is 24.0 Å². The zero-order chi connectivity index (χ0) is 27.0. The van der Waals surface area contributed by atoms with E-state index in [1.165, 1.54) is 31.5 Å². The largest absolute Gasteiger partial charge is 0.497 e. The lowest BCUT2D eigenvalue weighted by Crippen LogP contribution is -2.50. The molecule has 2 rings (SSSR count). The van der Waals surface area contributed by atoms with Crippen LogP contribution in [0, 0.1) is 0 Å². The lowest BCUT2D eigenvalue weighted by molar-refractivity contribution is -0.158. The summed E-state index contributed by atoms with van der Waals surface area (Å²) in [7, 11) is 1.50. The zero-order valence-electron chi connectivity index (χ0n) is 20.4. The normalized spacial score (nSPS) is 11.8. The van der Waals surface area contributed by atoms with Gasteiger partial charge in [-0.1, -0.05) is 0 Å². The summed E-state index contributed by atoms with van der Waals surface area (Å²) in [5.41, 5.74) is 4.43. The highest BCUT2D eigenvalue weighted by Gasteiger charge is 2.27. The third-order valence-electron chi connectivity index (χ3n) is 4.58. The van der Waals surface area contributed by atoms with E-state index < -0.39 is 60.7 Å². The molecule has 0 aliphatic carbocycles. The highest BCUT2D eigenvalue weighted by atomic mass is 16.6. The van der Waals surface area contributed by atoms with E-state index in [4.69, 9.17) is 20.3 Å². The Labute approximate surface area is 206 Å². The fraction of sp³-hybridized carbons (Fsp3) is 0.391. The molecule has 4 N–H and O–H groups in total. The van der Waals surface area contributed by atoms with Gasteiger partial charge < -0.3 is 30.5 Å². The molecule has 0 saturated heterocycles. The van der Waals surface area contributed by atoms with Gasteiger partial charge in [0.25, 0.3) is 5.91 Å². The smallest absolute Gasteiger partial charge is 0.349 e. The number of nitrogens with one attached hydrogen (secondary N) is 1. The van der Waals surface area contributed by atoms with Crippen molar-refractivity contribution in [2.24, 2.45) is 5.73 Å². The summed E-state index contributed by atoms with van der Waals surface area (Å²) >= 11 is 0. The van der Waals surface area contributed by atoms with Crippen molar-refractivity contribution in [3.05, 3.63) is 52.6 Å². The number of hydrogen-bond donors (Lipinski definition) is 3. The van der Waals surface area contributed by atoms with Crippen LogP contribution in [-0.4, -0.2) is 75.2 Å². The molecule has 2 amide bonds. The molecule has 2 aromatic rings. The minimum Gasteiger partial charge on any atom is -0.497 e. The number of benzene rings is 1. The average molecular weight is 504 g/mol. The standard InChI is InChI=1S/C23H29N5O8/c1-23(2,3)36-21(33)16(24)11-28(13-19(30)31)18(29)12-27-10-9-17(26-22(27)34)25-20(32)14-5-7-15(35-4)8-6-14/h5-10,16H,11-13,24H2,1-4H3,(H,30,31)(H,25,26,32,34). The lowest BCUT2D eigenvalue weighted by atomic mass is 10.2. The first-order chi connectivity index (χ1) is 16.8. The summed E-state index contributed by atoms with van der Waals surface area (Å²) in [5.74, 6) is -2.90. The Kier molecular flexibility index (Phi) is 9.27. The molecular weight excluding hydrogens is 474 g/mol. The maximum Gasteiger partial charge on any atom is 0.349 e. The molecule has 0 aliphatic heterocycles. The lowest BCUT2D eigenvalue weighted by Gasteiger charge is -2.26. The number of aromatic nitrogens is 2. The molecule has 13 nitrogen and oxygen atoms in total. The number of aliphatic carboxylic acids is 1. The molecule has 0 aliphatic rings. The van der Waals surface area contributed by atoms with E-state index in [0.717, 1.165) is 9.47 Å². The first-order valence-electron chi connectivity index (χ1n) is 10.8. The summed E-state index contributed by atoms with van der Waals surface area (Å²) in [6.07, 6.45) is 1.23. The third kappa shape index (κ3) is 8.51. The number of hydrogen-bond acceptors (Lipinski definition) is 9. The number of carboxylic acids is 1. The topological polar surface area (TPSA) is 183 Å². The van der Waals surface area contributed by atoms with E-state index in [0.29, 0.717) is 11.3 Å². The molecule has 36 heavy (non-hydrogen) atoms. The number of anilines is 1. The van der Waals surface area contributed by atoms with Crippen LogP contribution in [0.25, 0.3) is 0 Å². The molecule has 0 spiro atoms. The van der Waals surface area contributed by atoms with Gasteiger partial charge in [-0.3, -0.25) is 23.7 Å². The summed E-state index contributed by atoms with van der Waals surface area (Å²) < 4.78 is 11.1. The van der Waals surface area contributed by atoms with Gasteiger partial charge in [-0.05, 0) is 51.1 Å². The summed E-state index contributed by atoms with van der Waals surface area (Å²) in [6, 6.07) is 6.29. The van der Waals surface area contributed by atoms with Crippen LogP contribution in [0.5, 0.6) is 5.75 Å². The minimum absolute atomic E-state index is 0.0427. The predicted octanol–water partition coefficient (Wildman–Crippen LogP) is 0.0864. The fourth-order valence-electron chi connectivity index (χ4n) is 2.90. The molecule has 0 bridgehead atoms. The second-order valence-corrected chi connectivity index (χ2v) is 8.71. The Hall–Kier alpha value is -4.26. The Morgan fingerprint density at radius 2 is 1.81 bits per heavy atom. The number of ether oxygens (including phenoxy) is 2. The van der Waals surface area contributed by atoms with Gasteiger partial charge in [0.05, 0.1) is 7.11 Å². The van der Waals surface area contributed by atoms with Crippen LogP contribution in [0.4, 0.5) is 5.82 Å². The number of methoxy groups -OCH3 is 1. The van der Waals surface area contributed by atoms with Crippen LogP contribution < -0.4 is 21.5 Å². The highest BCUT2D eigenvalue weighted by molar-refractivity contribution is 6.03. The Bertz CT molecular complexity index is 1170. The van der Waals surface area contributed by atoms with Crippen molar-refractivity contribution in [2.75, 3.05) is 25.5 Å². The number of rotatable bonds is 10. The van der Waals surface area contributed by atoms with Crippen LogP contribution >= 0.6 is 0 Å². The monoisotopic (exact) mass is 503 g/mol. The molecule has 1 unspecified atom stereocenters. The van der Waals surface area contributed by atoms with E-state index in [1.54, 1.807) is 32.9 Å². The molecule has 1 aromatic carbocycles. The second-order valence-electron chi connectivity index (χ2n) is 8.71. The third-order valence-corrected chi connectivity index (χ3v) is 4.58. The highest BCUT2D eigenvalue weighted by Crippen LogP contribution is 2.13. The molecule has 1 aromatic heterocycles. The molecule has 1 atom stereocenters. The van der Waals surface area contributed by atoms with Gasteiger partial charge in [-0.2, -0.15) is 4.98 Å². The van der Waals surface area contributed by atoms with Crippen LogP contribution in [0.3, 0.4) is 0 Å². The number of carbonyl (C=O) groups is 4. The number of nitrogens with two attached hydrogens (primary N) is 1. The van der Waals surface area contributed by atoms with Crippen molar-refractivity contribution >= 4 is 29.6 Å². The average Bonchev–Trinajstić information content (AvgIpc) is 2.78. The molecule has 194 valence electrons. The number of carboxylic acid groups (broad SMARTS) is 1. The van der Waals surface area contributed by atoms with E-state index >= 15 is 0 Å². The predicted molar refractivity (Wildman–Crippen MR) is 127 cm³/mol. The van der Waals surface area contributed by atoms with Crippen LogP contribution in [0.15, 0.2) is 41.3 Å². The van der Waals surface area contributed by atoms with E-state index in [2.05, 4.69) is 10.3 Å². The van der Waals surface area contributed by atoms with Gasteiger partial charge in [0.2, 0.25) is 5.91 Å². The Balaban J connectivity index is 2.09. The second kappa shape index (κ2) is 11.9. The molecule has 0 saturated carbocycles. The van der Waals surface area contributed by atoms with Gasteiger partial charge in [-0.15, -0.1) is 0 Å². The van der Waals surface area contributed by atoms with Crippen molar-refractivity contribution in [1.82, 2.24) is 14.5 Å². The van der Waals surface area contributed by atoms with Crippen molar-refractivity contribution in [3.63, 3.8) is 0 Å². The Morgan fingerprint density at radius 1 is 1.17 bits per heavy atom. The number of carbonyl (C=O) groups excluding carboxylic acids is 3. The zero-order valence-corrected chi connectivity index (χ0v) is 20.4. The maximum absolute atomic E-state index is 12.7. The first-order valence-corrected chi connectivity index (χ1v) is 10.8. The number of nitrogens with zero attached hydrogens (tertiary/aromatic N) is 3. The summed E-state index contributed by atoms with van der Waals surface area (Å²) in [5, 5.41) is 11.6. The maximum atomic E-state index is 12.7. The van der Waals surface area contributed by atoms with Gasteiger partial charge in [-0.25, -0.2) is 4.79 Å². The first kappa shape index (κ1) is 28.0. The van der Waals surface area contributed by atoms with Gasteiger partial charge in [0, 0.05) is 18.3 Å². The van der Waals surface area contributed by atoms with Crippen LogP contribution in [0.2, 0.25) is 0 Å². The SMILES string of the molecule is COc1ccc(C(=O)Nc2ccn(CC(=O)N(CC(=O)O)CC(N)C(=O)OC(C)(C)C)c(=O)n2)cc1. The van der Waals surface area contributed by atoms with Gasteiger partial charge in [0.1, 0.15) is 36.3 Å². The van der Waals surface area contributed by atoms with Gasteiger partial charge >= 0.3 is 17.6 Å². The molecule has 0 fully saturated rings. The van der Waals surface area contributed by atoms with Gasteiger partial charge in [0.15, 0.2) is 0 Å². The number of amides is 2. The molecule has 0 radical (unpaired) electrons. The minimum atomic E-state index is -1.33. The fourth-order valence-corrected chi connectivity index (χ4v) is 2.90. The van der Waals surface area contributed by atoms with Crippen LogP contribution in [0.1, 0.15) is 31.1 Å². The number of esters is 1. The van der Waals surface area contributed by atoms with E-state index in [-0.39, 0.29) is 5.82 Å². The Morgan fingerprint density at radius 3 is 2.33 bits per heavy atom. The van der Waals surface area contributed by atoms with Crippen molar-refractivity contribution in [2.45, 2.75) is 39.0 Å². The summed E-state index contributed by atoms with van der Waals surface area (Å²) in [4.78, 5) is 65.4. The summed E-state index contributed by atoms with van der Waals surface area (Å²) in [6.45, 7) is 3.18. The molecule has 13 heteroatoms. The van der Waals surface area contributed by atoms with Crippen molar-refractivity contribution in [1.29, 1.82) is 0 Å². The van der Waals surface area contributed by atoms with Crippen LogP contribution in [-0.2, 0) is 25.7 Å². The molecule has 1 heterocycles. The van der Waals surface area contributed by atoms with Crippen molar-refractivity contribution in [3.8, 4) is 5.75 Å². The molecular formula is C23H29N5O8. The quantitative estimate of drug-likeness (QED) is 0.375. The van der Waals surface area contributed by atoms with E-state index in [1.807, 2.05) is 0 Å². The van der Waals surface area contributed by atoms with Crippen molar-refractivity contribution < 1.29 is 33.8 Å².